The van der Waals surface area contributed by atoms with E-state index in [-0.39, 0.29) is 11.5 Å². The summed E-state index contributed by atoms with van der Waals surface area (Å²) in [5, 5.41) is 2.92. The Hall–Kier alpha value is -2.40. The molecule has 0 aliphatic heterocycles. The minimum Gasteiger partial charge on any atom is -0.383 e. The normalized spacial score (nSPS) is 16.3. The van der Waals surface area contributed by atoms with Crippen molar-refractivity contribution in [1.29, 1.82) is 0 Å². The fraction of sp³-hybridized carbons (Fsp3) is 0.400. The van der Waals surface area contributed by atoms with Gasteiger partial charge in [-0.05, 0) is 42.4 Å². The topological polar surface area (TPSA) is 60.3 Å². The molecule has 5 heteroatoms. The van der Waals surface area contributed by atoms with Crippen molar-refractivity contribution in [2.45, 2.75) is 32.2 Å². The quantitative estimate of drug-likeness (QED) is 0.879. The SMILES string of the molecule is COCCn1cc(NC(=O)C[C@@H]2CCc3ccccc3C2)ccc1=O. The van der Waals surface area contributed by atoms with Gasteiger partial charge in [0.2, 0.25) is 5.91 Å². The monoisotopic (exact) mass is 340 g/mol. The van der Waals surface area contributed by atoms with E-state index in [9.17, 15) is 9.59 Å². The van der Waals surface area contributed by atoms with E-state index in [1.165, 1.54) is 17.2 Å². The van der Waals surface area contributed by atoms with Gasteiger partial charge in [0.25, 0.3) is 5.56 Å². The van der Waals surface area contributed by atoms with Gasteiger partial charge < -0.3 is 14.6 Å². The second-order valence-electron chi connectivity index (χ2n) is 6.57. The molecule has 1 aromatic carbocycles. The van der Waals surface area contributed by atoms with Crippen molar-refractivity contribution >= 4 is 11.6 Å². The third-order valence-corrected chi connectivity index (χ3v) is 4.73. The lowest BCUT2D eigenvalue weighted by Gasteiger charge is -2.24. The summed E-state index contributed by atoms with van der Waals surface area (Å²) in [6.45, 7) is 0.928. The number of nitrogens with zero attached hydrogens (tertiary/aromatic N) is 1. The van der Waals surface area contributed by atoms with Crippen LogP contribution in [0.2, 0.25) is 0 Å². The fourth-order valence-corrected chi connectivity index (χ4v) is 3.39. The number of pyridine rings is 1. The molecule has 1 amide bonds. The Morgan fingerprint density at radius 2 is 2.04 bits per heavy atom. The molecule has 25 heavy (non-hydrogen) atoms. The summed E-state index contributed by atoms with van der Waals surface area (Å²) in [6.07, 6.45) is 5.21. The Kier molecular flexibility index (Phi) is 5.66. The average molecular weight is 340 g/mol. The van der Waals surface area contributed by atoms with Gasteiger partial charge in [-0.2, -0.15) is 0 Å². The molecular formula is C20H24N2O3. The number of hydrogen-bond acceptors (Lipinski definition) is 3. The van der Waals surface area contributed by atoms with E-state index in [2.05, 4.69) is 29.6 Å². The maximum Gasteiger partial charge on any atom is 0.250 e. The van der Waals surface area contributed by atoms with E-state index >= 15 is 0 Å². The summed E-state index contributed by atoms with van der Waals surface area (Å²) in [5.74, 6) is 0.371. The third kappa shape index (κ3) is 4.57. The van der Waals surface area contributed by atoms with E-state index in [0.29, 0.717) is 31.2 Å². The Balaban J connectivity index is 1.59. The average Bonchev–Trinajstić information content (AvgIpc) is 2.62. The highest BCUT2D eigenvalue weighted by Gasteiger charge is 2.20. The number of amides is 1. The first-order chi connectivity index (χ1) is 12.2. The van der Waals surface area contributed by atoms with Gasteiger partial charge in [0.05, 0.1) is 12.3 Å². The van der Waals surface area contributed by atoms with Crippen LogP contribution in [-0.4, -0.2) is 24.2 Å². The van der Waals surface area contributed by atoms with Crippen molar-refractivity contribution in [1.82, 2.24) is 4.57 Å². The lowest BCUT2D eigenvalue weighted by molar-refractivity contribution is -0.117. The molecule has 1 aliphatic carbocycles. The number of anilines is 1. The molecule has 2 aromatic rings. The van der Waals surface area contributed by atoms with Crippen molar-refractivity contribution in [2.24, 2.45) is 5.92 Å². The zero-order valence-corrected chi connectivity index (χ0v) is 14.5. The van der Waals surface area contributed by atoms with Gasteiger partial charge in [-0.25, -0.2) is 0 Å². The van der Waals surface area contributed by atoms with Crippen molar-refractivity contribution in [2.75, 3.05) is 19.0 Å². The molecule has 5 nitrogen and oxygen atoms in total. The number of nitrogens with one attached hydrogen (secondary N) is 1. The van der Waals surface area contributed by atoms with Crippen LogP contribution in [0.5, 0.6) is 0 Å². The molecule has 1 heterocycles. The number of aromatic nitrogens is 1. The van der Waals surface area contributed by atoms with Gasteiger partial charge >= 0.3 is 0 Å². The van der Waals surface area contributed by atoms with Crippen LogP contribution in [0, 0.1) is 5.92 Å². The van der Waals surface area contributed by atoms with E-state index in [1.54, 1.807) is 23.9 Å². The highest BCUT2D eigenvalue weighted by Crippen LogP contribution is 2.27. The number of hydrogen-bond donors (Lipinski definition) is 1. The number of carbonyl (C=O) groups is 1. The molecule has 0 radical (unpaired) electrons. The summed E-state index contributed by atoms with van der Waals surface area (Å²) in [4.78, 5) is 24.2. The van der Waals surface area contributed by atoms with Gasteiger partial charge in [0.15, 0.2) is 0 Å². The smallest absolute Gasteiger partial charge is 0.250 e. The molecule has 1 N–H and O–H groups in total. The van der Waals surface area contributed by atoms with Crippen LogP contribution in [0.3, 0.4) is 0 Å². The highest BCUT2D eigenvalue weighted by molar-refractivity contribution is 5.90. The second-order valence-corrected chi connectivity index (χ2v) is 6.57. The minimum absolute atomic E-state index is 0.00122. The van der Waals surface area contributed by atoms with Gasteiger partial charge in [-0.1, -0.05) is 24.3 Å². The minimum atomic E-state index is -0.0982. The number of ether oxygens (including phenoxy) is 1. The number of aryl methyl sites for hydroxylation is 1. The molecule has 1 aliphatic rings. The van der Waals surface area contributed by atoms with Crippen LogP contribution in [0.25, 0.3) is 0 Å². The van der Waals surface area contributed by atoms with Crippen LogP contribution in [-0.2, 0) is 28.9 Å². The molecule has 0 unspecified atom stereocenters. The highest BCUT2D eigenvalue weighted by atomic mass is 16.5. The first kappa shape index (κ1) is 17.4. The molecule has 0 fully saturated rings. The Morgan fingerprint density at radius 1 is 1.24 bits per heavy atom. The lowest BCUT2D eigenvalue weighted by Crippen LogP contribution is -2.24. The maximum atomic E-state index is 12.4. The number of carbonyl (C=O) groups excluding carboxylic acids is 1. The number of fused-ring (bicyclic) bond motifs is 1. The van der Waals surface area contributed by atoms with Crippen LogP contribution < -0.4 is 10.9 Å². The first-order valence-corrected chi connectivity index (χ1v) is 8.72. The second kappa shape index (κ2) is 8.12. The van der Waals surface area contributed by atoms with Crippen LogP contribution >= 0.6 is 0 Å². The maximum absolute atomic E-state index is 12.4. The van der Waals surface area contributed by atoms with Gasteiger partial charge in [0.1, 0.15) is 0 Å². The molecule has 1 atom stereocenters. The largest absolute Gasteiger partial charge is 0.383 e. The van der Waals surface area contributed by atoms with E-state index in [4.69, 9.17) is 4.74 Å². The van der Waals surface area contributed by atoms with Crippen LogP contribution in [0.15, 0.2) is 47.4 Å². The summed E-state index contributed by atoms with van der Waals surface area (Å²) < 4.78 is 6.56. The van der Waals surface area contributed by atoms with Gasteiger partial charge in [0, 0.05) is 32.3 Å². The number of methoxy groups -OCH3 is 1. The summed E-state index contributed by atoms with van der Waals surface area (Å²) in [7, 11) is 1.60. The predicted octanol–water partition coefficient (Wildman–Crippen LogP) is 2.63. The third-order valence-electron chi connectivity index (χ3n) is 4.73. The van der Waals surface area contributed by atoms with Crippen molar-refractivity contribution < 1.29 is 9.53 Å². The van der Waals surface area contributed by atoms with E-state index in [1.807, 2.05) is 0 Å². The van der Waals surface area contributed by atoms with Gasteiger partial charge in [-0.3, -0.25) is 9.59 Å². The van der Waals surface area contributed by atoms with Gasteiger partial charge in [-0.15, -0.1) is 0 Å². The van der Waals surface area contributed by atoms with Crippen LogP contribution in [0.1, 0.15) is 24.0 Å². The van der Waals surface area contributed by atoms with Crippen LogP contribution in [0.4, 0.5) is 5.69 Å². The first-order valence-electron chi connectivity index (χ1n) is 8.72. The Bertz CT molecular complexity index is 798. The van der Waals surface area contributed by atoms with Crippen molar-refractivity contribution in [3.8, 4) is 0 Å². The molecule has 0 bridgehead atoms. The zero-order chi connectivity index (χ0) is 17.6. The summed E-state index contributed by atoms with van der Waals surface area (Å²) in [6, 6.07) is 11.6. The van der Waals surface area contributed by atoms with E-state index in [0.717, 1.165) is 19.3 Å². The predicted molar refractivity (Wildman–Crippen MR) is 97.8 cm³/mol. The number of rotatable bonds is 6. The molecule has 1 aromatic heterocycles. The molecule has 132 valence electrons. The Morgan fingerprint density at radius 3 is 2.84 bits per heavy atom. The lowest BCUT2D eigenvalue weighted by atomic mass is 9.82. The molecule has 0 saturated carbocycles. The van der Waals surface area contributed by atoms with Crippen molar-refractivity contribution in [3.63, 3.8) is 0 Å². The molecule has 0 spiro atoms. The molecule has 0 saturated heterocycles. The fourth-order valence-electron chi connectivity index (χ4n) is 3.39. The molecule has 3 rings (SSSR count). The zero-order valence-electron chi connectivity index (χ0n) is 14.5. The van der Waals surface area contributed by atoms with Crippen molar-refractivity contribution in [3.05, 3.63) is 64.1 Å². The number of benzene rings is 1. The molecular weight excluding hydrogens is 316 g/mol. The standard InChI is InChI=1S/C20H24N2O3/c1-25-11-10-22-14-18(8-9-20(22)24)21-19(23)13-15-6-7-16-4-2-3-5-17(16)12-15/h2-5,8-9,14-15H,6-7,10-13H2,1H3,(H,21,23)/t15-/m1/s1. The summed E-state index contributed by atoms with van der Waals surface area (Å²) in [5.41, 5.74) is 3.32. The Labute approximate surface area is 147 Å². The van der Waals surface area contributed by atoms with E-state index < -0.39 is 0 Å². The summed E-state index contributed by atoms with van der Waals surface area (Å²) >= 11 is 0.